The van der Waals surface area contributed by atoms with Gasteiger partial charge in [-0.05, 0) is 42.5 Å². The molecule has 0 fully saturated rings. The zero-order valence-electron chi connectivity index (χ0n) is 16.3. The molecule has 0 amide bonds. The van der Waals surface area contributed by atoms with Crippen LogP contribution in [0, 0.1) is 6.92 Å². The molecular weight excluding hydrogens is 296 g/mol. The van der Waals surface area contributed by atoms with Gasteiger partial charge in [0, 0.05) is 0 Å². The molecule has 0 heterocycles. The molecule has 126 valence electrons. The van der Waals surface area contributed by atoms with Gasteiger partial charge in [0.2, 0.25) is 0 Å². The van der Waals surface area contributed by atoms with E-state index in [9.17, 15) is 0 Å². The normalized spacial score (nSPS) is 18.7. The van der Waals surface area contributed by atoms with Gasteiger partial charge in [-0.15, -0.1) is 0 Å². The summed E-state index contributed by atoms with van der Waals surface area (Å²) >= 11 is 0. The first-order valence-corrected chi connectivity index (χ1v) is 11.6. The molecule has 1 aromatic rings. The number of rotatable bonds is 3. The van der Waals surface area contributed by atoms with Crippen molar-refractivity contribution in [2.24, 2.45) is 0 Å². The van der Waals surface area contributed by atoms with Crippen LogP contribution in [0.4, 0.5) is 0 Å². The summed E-state index contributed by atoms with van der Waals surface area (Å²) in [6.45, 7) is 18.5. The van der Waals surface area contributed by atoms with Crippen LogP contribution >= 0.6 is 0 Å². The van der Waals surface area contributed by atoms with Crippen molar-refractivity contribution in [3.63, 3.8) is 0 Å². The summed E-state index contributed by atoms with van der Waals surface area (Å²) in [6, 6.07) is 4.67. The number of ether oxygens (including phenoxy) is 1. The second-order valence-corrected chi connectivity index (χ2v) is 13.2. The molecule has 0 radical (unpaired) electrons. The Hall–Kier alpha value is -1.28. The highest BCUT2D eigenvalue weighted by Crippen LogP contribution is 2.40. The smallest absolute Gasteiger partial charge is 0.121 e. The number of allylic oxidation sites excluding steroid dienone is 4. The van der Waals surface area contributed by atoms with Crippen LogP contribution in [-0.4, -0.2) is 15.2 Å². The van der Waals surface area contributed by atoms with Gasteiger partial charge in [-0.3, -0.25) is 0 Å². The molecule has 0 aromatic heterocycles. The maximum atomic E-state index is 5.96. The average molecular weight is 329 g/mol. The second-order valence-electron chi connectivity index (χ2n) is 8.64. The number of hydrogen-bond donors (Lipinski definition) is 0. The van der Waals surface area contributed by atoms with Gasteiger partial charge in [0.15, 0.2) is 0 Å². The Morgan fingerprint density at radius 2 is 1.65 bits per heavy atom. The lowest BCUT2D eigenvalue weighted by Gasteiger charge is -2.34. The van der Waals surface area contributed by atoms with Gasteiger partial charge in [0.25, 0.3) is 0 Å². The van der Waals surface area contributed by atoms with Gasteiger partial charge < -0.3 is 4.74 Å². The van der Waals surface area contributed by atoms with Crippen LogP contribution in [0.25, 0.3) is 0 Å². The first kappa shape index (κ1) is 18.1. The molecule has 0 spiro atoms. The third kappa shape index (κ3) is 3.33. The summed E-state index contributed by atoms with van der Waals surface area (Å²) in [5.41, 5.74) is 6.22. The zero-order valence-corrected chi connectivity index (χ0v) is 17.3. The van der Waals surface area contributed by atoms with Crippen molar-refractivity contribution in [2.45, 2.75) is 65.6 Å². The molecule has 2 rings (SSSR count). The second kappa shape index (κ2) is 5.97. The highest BCUT2D eigenvalue weighted by atomic mass is 28.3. The molecule has 1 atom stereocenters. The van der Waals surface area contributed by atoms with E-state index in [1.54, 1.807) is 0 Å². The Labute approximate surface area is 143 Å². The minimum atomic E-state index is -1.73. The van der Waals surface area contributed by atoms with Gasteiger partial charge in [-0.2, -0.15) is 0 Å². The van der Waals surface area contributed by atoms with Gasteiger partial charge in [-0.1, -0.05) is 74.9 Å². The first-order valence-electron chi connectivity index (χ1n) is 8.54. The average Bonchev–Trinajstić information content (AvgIpc) is 2.76. The van der Waals surface area contributed by atoms with Crippen molar-refractivity contribution in [2.75, 3.05) is 7.11 Å². The van der Waals surface area contributed by atoms with Crippen molar-refractivity contribution in [1.82, 2.24) is 0 Å². The fraction of sp³-hybridized carbons (Fsp3) is 0.524. The molecule has 1 unspecified atom stereocenters. The molecule has 0 bridgehead atoms. The predicted molar refractivity (Wildman–Crippen MR) is 105 cm³/mol. The predicted octanol–water partition coefficient (Wildman–Crippen LogP) is 5.49. The lowest BCUT2D eigenvalue weighted by Crippen LogP contribution is -2.47. The lowest BCUT2D eigenvalue weighted by atomic mass is 9.85. The highest BCUT2D eigenvalue weighted by Gasteiger charge is 2.39. The molecule has 1 aliphatic rings. The quantitative estimate of drug-likeness (QED) is 0.666. The highest BCUT2D eigenvalue weighted by molar-refractivity contribution is 6.92. The summed E-state index contributed by atoms with van der Waals surface area (Å²) in [5.74, 6) is 1.12. The van der Waals surface area contributed by atoms with Crippen LogP contribution in [0.2, 0.25) is 18.6 Å². The van der Waals surface area contributed by atoms with Gasteiger partial charge in [0.05, 0.1) is 15.2 Å². The van der Waals surface area contributed by atoms with Crippen molar-refractivity contribution in [3.8, 4) is 5.75 Å². The summed E-state index contributed by atoms with van der Waals surface area (Å²) < 4.78 is 5.96. The Morgan fingerprint density at radius 3 is 2.09 bits per heavy atom. The molecule has 23 heavy (non-hydrogen) atoms. The number of benzene rings is 1. The molecule has 0 saturated heterocycles. The van der Waals surface area contributed by atoms with Crippen LogP contribution in [-0.2, 0) is 5.41 Å². The van der Waals surface area contributed by atoms with E-state index in [2.05, 4.69) is 78.9 Å². The van der Waals surface area contributed by atoms with Gasteiger partial charge >= 0.3 is 0 Å². The van der Waals surface area contributed by atoms with E-state index in [1.807, 2.05) is 7.11 Å². The lowest BCUT2D eigenvalue weighted by molar-refractivity contribution is 0.400. The third-order valence-corrected chi connectivity index (χ3v) is 9.03. The van der Waals surface area contributed by atoms with Crippen LogP contribution in [0.3, 0.4) is 0 Å². The fourth-order valence-electron chi connectivity index (χ4n) is 3.87. The summed E-state index contributed by atoms with van der Waals surface area (Å²) in [6.07, 6.45) is 4.80. The van der Waals surface area contributed by atoms with Crippen LogP contribution < -0.4 is 9.92 Å². The topological polar surface area (TPSA) is 9.23 Å². The zero-order chi connectivity index (χ0) is 17.6. The van der Waals surface area contributed by atoms with Crippen LogP contribution in [0.15, 0.2) is 35.4 Å². The Balaban J connectivity index is 2.68. The van der Waals surface area contributed by atoms with E-state index in [0.29, 0.717) is 5.54 Å². The SMILES string of the molecule is COc1c(C(C)(C)C)cc(C)cc1[Si](C)(C)C1C=C(C)C=C1C. The molecule has 1 aliphatic carbocycles. The van der Waals surface area contributed by atoms with Crippen LogP contribution in [0.5, 0.6) is 5.75 Å². The van der Waals surface area contributed by atoms with Crippen molar-refractivity contribution in [3.05, 3.63) is 46.6 Å². The van der Waals surface area contributed by atoms with Crippen LogP contribution in [0.1, 0.15) is 45.7 Å². The van der Waals surface area contributed by atoms with E-state index >= 15 is 0 Å². The Kier molecular flexibility index (Phi) is 4.69. The monoisotopic (exact) mass is 328 g/mol. The number of hydrogen-bond acceptors (Lipinski definition) is 1. The first-order chi connectivity index (χ1) is 10.5. The molecule has 1 nitrogen and oxygen atoms in total. The number of methoxy groups -OCH3 is 1. The molecule has 0 N–H and O–H groups in total. The fourth-order valence-corrected chi connectivity index (χ4v) is 7.52. The molecule has 2 heteroatoms. The molecule has 0 aliphatic heterocycles. The number of aryl methyl sites for hydroxylation is 1. The molecular formula is C21H32OSi. The van der Waals surface area contributed by atoms with E-state index in [0.717, 1.165) is 5.75 Å². The van der Waals surface area contributed by atoms with Crippen molar-refractivity contribution >= 4 is 13.3 Å². The largest absolute Gasteiger partial charge is 0.497 e. The maximum Gasteiger partial charge on any atom is 0.121 e. The Morgan fingerprint density at radius 1 is 1.04 bits per heavy atom. The van der Waals surface area contributed by atoms with E-state index < -0.39 is 8.07 Å². The minimum Gasteiger partial charge on any atom is -0.497 e. The Bertz CT molecular complexity index is 672. The minimum absolute atomic E-state index is 0.0862. The van der Waals surface area contributed by atoms with E-state index in [4.69, 9.17) is 4.74 Å². The summed E-state index contributed by atoms with van der Waals surface area (Å²) in [7, 11) is 0.0977. The molecule has 1 aromatic carbocycles. The maximum absolute atomic E-state index is 5.96. The van der Waals surface area contributed by atoms with Crippen molar-refractivity contribution < 1.29 is 4.74 Å². The van der Waals surface area contributed by atoms with Gasteiger partial charge in [0.1, 0.15) is 5.75 Å². The van der Waals surface area contributed by atoms with E-state index in [1.165, 1.54) is 27.5 Å². The third-order valence-electron chi connectivity index (χ3n) is 5.09. The van der Waals surface area contributed by atoms with Crippen molar-refractivity contribution in [1.29, 1.82) is 0 Å². The standard InChI is InChI=1S/C21H32OSi/c1-14-10-16(3)18(12-14)23(8,9)19-13-15(2)11-17(20(19)22-7)21(4,5)6/h10-13,18H,1-9H3. The summed E-state index contributed by atoms with van der Waals surface area (Å²) in [5, 5.41) is 1.45. The van der Waals surface area contributed by atoms with Gasteiger partial charge in [-0.25, -0.2) is 0 Å². The summed E-state index contributed by atoms with van der Waals surface area (Å²) in [4.78, 5) is 0. The molecule has 0 saturated carbocycles. The van der Waals surface area contributed by atoms with E-state index in [-0.39, 0.29) is 5.41 Å².